The Balaban J connectivity index is 1.41. The molecule has 0 unspecified atom stereocenters. The molecule has 27 heavy (non-hydrogen) atoms. The number of carbonyl (C=O) groups is 3. The SMILES string of the molecule is O=C1COc2ccc(C(=O)C3CCN(C(=O)c4cccnc4)CC3)cc2N1. The molecular weight excluding hydrogens is 346 g/mol. The first-order valence-corrected chi connectivity index (χ1v) is 8.92. The van der Waals surface area contributed by atoms with Crippen LogP contribution in [0.3, 0.4) is 0 Å². The Morgan fingerprint density at radius 1 is 1.15 bits per heavy atom. The lowest BCUT2D eigenvalue weighted by Gasteiger charge is -2.31. The predicted molar refractivity (Wildman–Crippen MR) is 97.8 cm³/mol. The van der Waals surface area contributed by atoms with Gasteiger partial charge in [0.25, 0.3) is 11.8 Å². The highest BCUT2D eigenvalue weighted by molar-refractivity contribution is 6.02. The van der Waals surface area contributed by atoms with Crippen LogP contribution in [-0.4, -0.2) is 47.2 Å². The molecule has 2 amide bonds. The van der Waals surface area contributed by atoms with Crippen molar-refractivity contribution in [2.75, 3.05) is 25.0 Å². The minimum atomic E-state index is -0.227. The van der Waals surface area contributed by atoms with E-state index in [4.69, 9.17) is 4.74 Å². The molecule has 4 rings (SSSR count). The average molecular weight is 365 g/mol. The molecule has 138 valence electrons. The second kappa shape index (κ2) is 7.19. The van der Waals surface area contributed by atoms with Crippen LogP contribution in [0.2, 0.25) is 0 Å². The van der Waals surface area contributed by atoms with Crippen molar-refractivity contribution in [1.29, 1.82) is 0 Å². The first-order chi connectivity index (χ1) is 13.1. The normalized spacial score (nSPS) is 16.9. The van der Waals surface area contributed by atoms with Gasteiger partial charge < -0.3 is 15.0 Å². The van der Waals surface area contributed by atoms with Crippen LogP contribution in [0.5, 0.6) is 5.75 Å². The number of likely N-dealkylation sites (tertiary alicyclic amines) is 1. The van der Waals surface area contributed by atoms with Crippen LogP contribution in [0.1, 0.15) is 33.6 Å². The van der Waals surface area contributed by atoms with Crippen LogP contribution in [0.25, 0.3) is 0 Å². The Morgan fingerprint density at radius 2 is 1.96 bits per heavy atom. The number of fused-ring (bicyclic) bond motifs is 1. The van der Waals surface area contributed by atoms with E-state index in [-0.39, 0.29) is 30.1 Å². The number of Topliss-reactive ketones (excluding diaryl/α,β-unsaturated/α-hetero) is 1. The third kappa shape index (κ3) is 3.53. The first-order valence-electron chi connectivity index (χ1n) is 8.92. The fraction of sp³-hybridized carbons (Fsp3) is 0.300. The lowest BCUT2D eigenvalue weighted by molar-refractivity contribution is -0.118. The zero-order valence-corrected chi connectivity index (χ0v) is 14.7. The summed E-state index contributed by atoms with van der Waals surface area (Å²) in [6.07, 6.45) is 4.42. The summed E-state index contributed by atoms with van der Waals surface area (Å²) in [6, 6.07) is 8.59. The van der Waals surface area contributed by atoms with E-state index in [1.165, 1.54) is 0 Å². The van der Waals surface area contributed by atoms with Gasteiger partial charge in [-0.05, 0) is 43.2 Å². The Bertz CT molecular complexity index is 889. The zero-order valence-electron chi connectivity index (χ0n) is 14.7. The van der Waals surface area contributed by atoms with E-state index < -0.39 is 0 Å². The smallest absolute Gasteiger partial charge is 0.262 e. The lowest BCUT2D eigenvalue weighted by atomic mass is 9.88. The number of benzene rings is 1. The molecule has 3 heterocycles. The van der Waals surface area contributed by atoms with Crippen LogP contribution in [-0.2, 0) is 4.79 Å². The highest BCUT2D eigenvalue weighted by Gasteiger charge is 2.29. The fourth-order valence-electron chi connectivity index (χ4n) is 3.49. The van der Waals surface area contributed by atoms with Gasteiger partial charge in [-0.1, -0.05) is 0 Å². The minimum absolute atomic E-state index is 0.0102. The van der Waals surface area contributed by atoms with Gasteiger partial charge in [-0.2, -0.15) is 0 Å². The van der Waals surface area contributed by atoms with Crippen molar-refractivity contribution < 1.29 is 19.1 Å². The summed E-state index contributed by atoms with van der Waals surface area (Å²) in [5.41, 5.74) is 1.64. The Morgan fingerprint density at radius 3 is 2.70 bits per heavy atom. The summed E-state index contributed by atoms with van der Waals surface area (Å²) in [5, 5.41) is 2.72. The van der Waals surface area contributed by atoms with Crippen molar-refractivity contribution in [3.05, 3.63) is 53.9 Å². The number of aromatic nitrogens is 1. The first kappa shape index (κ1) is 17.2. The van der Waals surface area contributed by atoms with Crippen LogP contribution in [0, 0.1) is 5.92 Å². The van der Waals surface area contributed by atoms with E-state index in [2.05, 4.69) is 10.3 Å². The van der Waals surface area contributed by atoms with Crippen LogP contribution >= 0.6 is 0 Å². The molecule has 1 N–H and O–H groups in total. The van der Waals surface area contributed by atoms with Gasteiger partial charge in [-0.25, -0.2) is 0 Å². The molecule has 7 heteroatoms. The van der Waals surface area contributed by atoms with Gasteiger partial charge in [0, 0.05) is 37.0 Å². The summed E-state index contributed by atoms with van der Waals surface area (Å²) < 4.78 is 5.33. The molecule has 0 spiro atoms. The van der Waals surface area contributed by atoms with Gasteiger partial charge in [0.2, 0.25) is 0 Å². The van der Waals surface area contributed by atoms with Gasteiger partial charge >= 0.3 is 0 Å². The maximum Gasteiger partial charge on any atom is 0.262 e. The minimum Gasteiger partial charge on any atom is -0.482 e. The highest BCUT2D eigenvalue weighted by Crippen LogP contribution is 2.31. The van der Waals surface area contributed by atoms with E-state index in [9.17, 15) is 14.4 Å². The third-order valence-corrected chi connectivity index (χ3v) is 4.96. The molecule has 1 aromatic carbocycles. The number of nitrogens with one attached hydrogen (secondary N) is 1. The summed E-state index contributed by atoms with van der Waals surface area (Å²) in [4.78, 5) is 42.5. The number of nitrogens with zero attached hydrogens (tertiary/aromatic N) is 2. The van der Waals surface area contributed by atoms with E-state index in [0.29, 0.717) is 48.5 Å². The fourth-order valence-corrected chi connectivity index (χ4v) is 3.49. The topological polar surface area (TPSA) is 88.6 Å². The third-order valence-electron chi connectivity index (χ3n) is 4.96. The van der Waals surface area contributed by atoms with Gasteiger partial charge in [0.1, 0.15) is 5.75 Å². The molecule has 2 aliphatic heterocycles. The van der Waals surface area contributed by atoms with Crippen molar-refractivity contribution in [1.82, 2.24) is 9.88 Å². The van der Waals surface area contributed by atoms with Gasteiger partial charge in [-0.3, -0.25) is 19.4 Å². The van der Waals surface area contributed by atoms with E-state index in [1.807, 2.05) is 0 Å². The summed E-state index contributed by atoms with van der Waals surface area (Å²) in [6.45, 7) is 1.06. The molecule has 7 nitrogen and oxygen atoms in total. The molecule has 0 saturated carbocycles. The second-order valence-electron chi connectivity index (χ2n) is 6.72. The average Bonchev–Trinajstić information content (AvgIpc) is 2.73. The zero-order chi connectivity index (χ0) is 18.8. The number of pyridine rings is 1. The largest absolute Gasteiger partial charge is 0.482 e. The predicted octanol–water partition coefficient (Wildman–Crippen LogP) is 2.15. The van der Waals surface area contributed by atoms with Crippen molar-refractivity contribution >= 4 is 23.3 Å². The summed E-state index contributed by atoms with van der Waals surface area (Å²) in [5.74, 6) is 0.187. The molecule has 1 saturated heterocycles. The molecule has 0 bridgehead atoms. The van der Waals surface area contributed by atoms with Gasteiger partial charge in [0.15, 0.2) is 12.4 Å². The molecule has 1 aromatic heterocycles. The number of piperidine rings is 1. The van der Waals surface area contributed by atoms with Crippen molar-refractivity contribution in [2.24, 2.45) is 5.92 Å². The van der Waals surface area contributed by atoms with E-state index in [1.54, 1.807) is 47.6 Å². The number of ether oxygens (including phenoxy) is 1. The maximum absolute atomic E-state index is 12.8. The Labute approximate surface area is 156 Å². The Hall–Kier alpha value is -3.22. The lowest BCUT2D eigenvalue weighted by Crippen LogP contribution is -2.40. The number of amides is 2. The maximum atomic E-state index is 12.8. The highest BCUT2D eigenvalue weighted by atomic mass is 16.5. The number of rotatable bonds is 3. The van der Waals surface area contributed by atoms with Crippen molar-refractivity contribution in [3.8, 4) is 5.75 Å². The molecule has 2 aliphatic rings. The molecule has 0 aliphatic carbocycles. The summed E-state index contributed by atoms with van der Waals surface area (Å²) >= 11 is 0. The number of hydrogen-bond donors (Lipinski definition) is 1. The van der Waals surface area contributed by atoms with Crippen molar-refractivity contribution in [2.45, 2.75) is 12.8 Å². The number of hydrogen-bond acceptors (Lipinski definition) is 5. The van der Waals surface area contributed by atoms with Crippen LogP contribution in [0.15, 0.2) is 42.7 Å². The second-order valence-corrected chi connectivity index (χ2v) is 6.72. The van der Waals surface area contributed by atoms with E-state index in [0.717, 1.165) is 0 Å². The quantitative estimate of drug-likeness (QED) is 0.842. The molecule has 0 radical (unpaired) electrons. The van der Waals surface area contributed by atoms with Crippen LogP contribution in [0.4, 0.5) is 5.69 Å². The van der Waals surface area contributed by atoms with E-state index >= 15 is 0 Å². The molecule has 2 aromatic rings. The van der Waals surface area contributed by atoms with Gasteiger partial charge in [0.05, 0.1) is 11.3 Å². The molecular formula is C20H19N3O4. The Kier molecular flexibility index (Phi) is 4.58. The summed E-state index contributed by atoms with van der Waals surface area (Å²) in [7, 11) is 0. The molecule has 1 fully saturated rings. The van der Waals surface area contributed by atoms with Crippen molar-refractivity contribution in [3.63, 3.8) is 0 Å². The number of carbonyl (C=O) groups excluding carboxylic acids is 3. The standard InChI is InChI=1S/C20H19N3O4/c24-18-12-27-17-4-3-14(10-16(17)22-18)19(25)13-5-8-23(9-6-13)20(26)15-2-1-7-21-11-15/h1-4,7,10-11,13H,5-6,8-9,12H2,(H,22,24). The monoisotopic (exact) mass is 365 g/mol. The molecule has 0 atom stereocenters. The number of anilines is 1. The number of ketones is 1. The van der Waals surface area contributed by atoms with Crippen LogP contribution < -0.4 is 10.1 Å². The van der Waals surface area contributed by atoms with Gasteiger partial charge in [-0.15, -0.1) is 0 Å².